The number of aliphatic hydroxyl groups is 1. The molecule has 1 heterocycles. The van der Waals surface area contributed by atoms with Gasteiger partial charge in [-0.3, -0.25) is 0 Å². The molecule has 0 radical (unpaired) electrons. The van der Waals surface area contributed by atoms with Crippen LogP contribution in [0.5, 0.6) is 5.75 Å². The molecule has 7 heteroatoms. The zero-order valence-electron chi connectivity index (χ0n) is 15.8. The van der Waals surface area contributed by atoms with Crippen LogP contribution in [0.15, 0.2) is 29.3 Å². The molecule has 0 bridgehead atoms. The van der Waals surface area contributed by atoms with Gasteiger partial charge in [-0.25, -0.2) is 4.99 Å². The summed E-state index contributed by atoms with van der Waals surface area (Å²) >= 11 is 1.79. The molecular formula is C19H31N3O3S. The van der Waals surface area contributed by atoms with Gasteiger partial charge in [0.1, 0.15) is 5.75 Å². The van der Waals surface area contributed by atoms with Gasteiger partial charge in [-0.1, -0.05) is 12.1 Å². The number of guanidine groups is 1. The van der Waals surface area contributed by atoms with Gasteiger partial charge in [-0.15, -0.1) is 0 Å². The van der Waals surface area contributed by atoms with Crippen LogP contribution in [0.25, 0.3) is 0 Å². The van der Waals surface area contributed by atoms with Crippen LogP contribution >= 0.6 is 11.8 Å². The molecule has 0 aliphatic carbocycles. The fourth-order valence-corrected chi connectivity index (χ4v) is 3.88. The smallest absolute Gasteiger partial charge is 0.191 e. The maximum Gasteiger partial charge on any atom is 0.191 e. The Bertz CT molecular complexity index is 545. The highest BCUT2D eigenvalue weighted by Gasteiger charge is 2.31. The Balaban J connectivity index is 1.88. The van der Waals surface area contributed by atoms with Gasteiger partial charge in [0.15, 0.2) is 5.96 Å². The number of methoxy groups -OCH3 is 1. The molecule has 1 unspecified atom stereocenters. The van der Waals surface area contributed by atoms with Crippen molar-refractivity contribution in [1.82, 2.24) is 10.6 Å². The van der Waals surface area contributed by atoms with Crippen molar-refractivity contribution in [2.75, 3.05) is 44.9 Å². The largest absolute Gasteiger partial charge is 0.497 e. The lowest BCUT2D eigenvalue weighted by Gasteiger charge is -2.23. The van der Waals surface area contributed by atoms with Crippen LogP contribution in [0.1, 0.15) is 25.3 Å². The van der Waals surface area contributed by atoms with Crippen LogP contribution in [0.3, 0.4) is 0 Å². The molecule has 0 spiro atoms. The molecule has 0 aromatic heterocycles. The molecule has 1 aliphatic heterocycles. The second-order valence-corrected chi connectivity index (χ2v) is 7.48. The zero-order valence-corrected chi connectivity index (χ0v) is 16.6. The lowest BCUT2D eigenvalue weighted by Crippen LogP contribution is -2.47. The predicted molar refractivity (Wildman–Crippen MR) is 108 cm³/mol. The Hall–Kier alpha value is -1.44. The summed E-state index contributed by atoms with van der Waals surface area (Å²) < 4.78 is 10.6. The molecule has 1 atom stereocenters. The number of thioether (sulfide) groups is 1. The summed E-state index contributed by atoms with van der Waals surface area (Å²) in [7, 11) is 1.66. The number of aliphatic imine (C=N–C) groups is 1. The maximum atomic E-state index is 10.5. The van der Waals surface area contributed by atoms with E-state index in [0.29, 0.717) is 13.1 Å². The molecular weight excluding hydrogens is 350 g/mol. The third kappa shape index (κ3) is 7.43. The normalized spacial score (nSPS) is 20.2. The van der Waals surface area contributed by atoms with Crippen LogP contribution < -0.4 is 15.4 Å². The maximum absolute atomic E-state index is 10.5. The Morgan fingerprint density at radius 2 is 2.12 bits per heavy atom. The highest BCUT2D eigenvalue weighted by Crippen LogP contribution is 2.26. The number of hydrogen-bond donors (Lipinski definition) is 3. The van der Waals surface area contributed by atoms with E-state index in [-0.39, 0.29) is 0 Å². The molecule has 1 aromatic carbocycles. The Morgan fingerprint density at radius 3 is 2.77 bits per heavy atom. The van der Waals surface area contributed by atoms with Crippen molar-refractivity contribution in [3.8, 4) is 5.75 Å². The molecule has 1 fully saturated rings. The summed E-state index contributed by atoms with van der Waals surface area (Å²) in [6.07, 6.45) is 1.73. The summed E-state index contributed by atoms with van der Waals surface area (Å²) in [4.78, 5) is 4.65. The summed E-state index contributed by atoms with van der Waals surface area (Å²) in [5.41, 5.74) is 0.467. The molecule has 3 N–H and O–H groups in total. The number of benzene rings is 1. The first-order valence-electron chi connectivity index (χ1n) is 9.18. The van der Waals surface area contributed by atoms with Crippen LogP contribution in [-0.2, 0) is 11.3 Å². The van der Waals surface area contributed by atoms with Gasteiger partial charge in [0, 0.05) is 32.1 Å². The number of rotatable bonds is 10. The van der Waals surface area contributed by atoms with Gasteiger partial charge >= 0.3 is 0 Å². The second kappa shape index (κ2) is 11.3. The van der Waals surface area contributed by atoms with E-state index in [1.165, 1.54) is 0 Å². The van der Waals surface area contributed by atoms with Crippen molar-refractivity contribution >= 4 is 17.7 Å². The zero-order chi connectivity index (χ0) is 18.7. The van der Waals surface area contributed by atoms with Crippen molar-refractivity contribution in [1.29, 1.82) is 0 Å². The van der Waals surface area contributed by atoms with Gasteiger partial charge in [0.25, 0.3) is 0 Å². The van der Waals surface area contributed by atoms with Crippen LogP contribution in [0.2, 0.25) is 0 Å². The lowest BCUT2D eigenvalue weighted by atomic mass is 10.0. The Labute approximate surface area is 160 Å². The minimum absolute atomic E-state index is 0.514. The van der Waals surface area contributed by atoms with Gasteiger partial charge in [-0.2, -0.15) is 11.8 Å². The Kier molecular flexibility index (Phi) is 9.08. The van der Waals surface area contributed by atoms with E-state index >= 15 is 0 Å². The summed E-state index contributed by atoms with van der Waals surface area (Å²) in [6, 6.07) is 7.89. The van der Waals surface area contributed by atoms with E-state index in [1.807, 2.05) is 31.2 Å². The third-order valence-electron chi connectivity index (χ3n) is 4.21. The fraction of sp³-hybridized carbons (Fsp3) is 0.632. The quantitative estimate of drug-likeness (QED) is 0.327. The monoisotopic (exact) mass is 381 g/mol. The SMILES string of the molecule is CCOCCCNC(=NCc1ccc(OC)cc1)NCC1(O)CCSC1. The fourth-order valence-electron chi connectivity index (χ4n) is 2.59. The topological polar surface area (TPSA) is 75.1 Å². The Morgan fingerprint density at radius 1 is 1.31 bits per heavy atom. The third-order valence-corrected chi connectivity index (χ3v) is 5.44. The summed E-state index contributed by atoms with van der Waals surface area (Å²) in [5.74, 6) is 3.35. The highest BCUT2D eigenvalue weighted by atomic mass is 32.2. The average molecular weight is 382 g/mol. The van der Waals surface area contributed by atoms with Crippen LogP contribution in [0, 0.1) is 0 Å². The van der Waals surface area contributed by atoms with Crippen LogP contribution in [0.4, 0.5) is 0 Å². The first-order chi connectivity index (χ1) is 12.6. The molecule has 146 valence electrons. The molecule has 1 aromatic rings. The van der Waals surface area contributed by atoms with E-state index in [9.17, 15) is 5.11 Å². The van der Waals surface area contributed by atoms with Gasteiger partial charge < -0.3 is 25.2 Å². The van der Waals surface area contributed by atoms with Crippen molar-refractivity contribution in [2.45, 2.75) is 31.9 Å². The lowest BCUT2D eigenvalue weighted by molar-refractivity contribution is 0.0724. The van der Waals surface area contributed by atoms with Crippen molar-refractivity contribution < 1.29 is 14.6 Å². The molecule has 1 aliphatic rings. The van der Waals surface area contributed by atoms with E-state index in [2.05, 4.69) is 15.6 Å². The number of nitrogens with zero attached hydrogens (tertiary/aromatic N) is 1. The van der Waals surface area contributed by atoms with E-state index in [4.69, 9.17) is 9.47 Å². The highest BCUT2D eigenvalue weighted by molar-refractivity contribution is 7.99. The summed E-state index contributed by atoms with van der Waals surface area (Å²) in [6.45, 7) is 5.33. The summed E-state index contributed by atoms with van der Waals surface area (Å²) in [5, 5.41) is 17.1. The minimum Gasteiger partial charge on any atom is -0.497 e. The van der Waals surface area contributed by atoms with Gasteiger partial charge in [0.05, 0.1) is 19.3 Å². The minimum atomic E-state index is -0.640. The molecule has 6 nitrogen and oxygen atoms in total. The first-order valence-corrected chi connectivity index (χ1v) is 10.3. The molecule has 26 heavy (non-hydrogen) atoms. The molecule has 0 saturated carbocycles. The molecule has 1 saturated heterocycles. The van der Waals surface area contributed by atoms with Gasteiger partial charge in [-0.05, 0) is 43.2 Å². The molecule has 0 amide bonds. The van der Waals surface area contributed by atoms with Crippen LogP contribution in [-0.4, -0.2) is 61.6 Å². The van der Waals surface area contributed by atoms with E-state index in [1.54, 1.807) is 18.9 Å². The second-order valence-electron chi connectivity index (χ2n) is 6.37. The first kappa shape index (κ1) is 20.9. The number of hydrogen-bond acceptors (Lipinski definition) is 5. The van der Waals surface area contributed by atoms with E-state index in [0.717, 1.165) is 61.4 Å². The van der Waals surface area contributed by atoms with Crippen molar-refractivity contribution in [3.05, 3.63) is 29.8 Å². The van der Waals surface area contributed by atoms with Gasteiger partial charge in [0.2, 0.25) is 0 Å². The van der Waals surface area contributed by atoms with Crippen molar-refractivity contribution in [3.63, 3.8) is 0 Å². The van der Waals surface area contributed by atoms with Crippen molar-refractivity contribution in [2.24, 2.45) is 4.99 Å². The number of ether oxygens (including phenoxy) is 2. The standard InChI is InChI=1S/C19H31N3O3S/c1-3-25-11-4-10-20-18(22-14-19(23)9-12-26-15-19)21-13-16-5-7-17(24-2)8-6-16/h5-8,23H,3-4,9-15H2,1-2H3,(H2,20,21,22). The average Bonchev–Trinajstić information content (AvgIpc) is 3.10. The van der Waals surface area contributed by atoms with E-state index < -0.39 is 5.60 Å². The number of nitrogens with one attached hydrogen (secondary N) is 2. The predicted octanol–water partition coefficient (Wildman–Crippen LogP) is 2.02. The molecule has 2 rings (SSSR count).